The number of piperidine rings is 1. The maximum atomic E-state index is 14.9. The number of rotatable bonds is 17. The van der Waals surface area contributed by atoms with E-state index < -0.39 is 133 Å². The first-order valence-electron chi connectivity index (χ1n) is 24.8. The molecule has 0 radical (unpaired) electrons. The van der Waals surface area contributed by atoms with Crippen molar-refractivity contribution in [3.8, 4) is 11.5 Å². The molecule has 2 fully saturated rings. The Labute approximate surface area is 425 Å². The summed E-state index contributed by atoms with van der Waals surface area (Å²) in [5, 5.41) is 54.9. The molecular weight excluding hydrogens is 949 g/mol. The van der Waals surface area contributed by atoms with E-state index in [1.807, 2.05) is 13.8 Å². The number of benzene rings is 2. The molecule has 0 aliphatic carbocycles. The Hall–Kier alpha value is -6.81. The van der Waals surface area contributed by atoms with Crippen LogP contribution in [-0.2, 0) is 60.7 Å². The van der Waals surface area contributed by atoms with Gasteiger partial charge in [0, 0.05) is 26.3 Å². The zero-order chi connectivity index (χ0) is 54.4. The lowest BCUT2D eigenvalue weighted by Gasteiger charge is -2.43. The van der Waals surface area contributed by atoms with Crippen LogP contribution in [0.4, 0.5) is 0 Å². The molecule has 2 heterocycles. The van der Waals surface area contributed by atoms with Gasteiger partial charge in [0.2, 0.25) is 47.3 Å². The Balaban J connectivity index is 1.83. The van der Waals surface area contributed by atoms with Gasteiger partial charge in [-0.1, -0.05) is 72.2 Å². The number of nitrogens with two attached hydrogens (primary N) is 1. The van der Waals surface area contributed by atoms with Gasteiger partial charge >= 0.3 is 5.97 Å². The Bertz CT molecular complexity index is 2280. The van der Waals surface area contributed by atoms with E-state index in [1.165, 1.54) is 50.4 Å². The number of hydrogen-bond acceptors (Lipinski definition) is 14. The van der Waals surface area contributed by atoms with Gasteiger partial charge in [-0.15, -0.1) is 0 Å². The number of esters is 1. The number of hydrogen-bond donors (Lipinski definition) is 10. The normalized spacial score (nSPS) is 25.0. The first kappa shape index (κ1) is 58.8. The molecule has 4 rings (SSSR count). The maximum absolute atomic E-state index is 14.9. The molecule has 2 saturated heterocycles. The second-order valence-electron chi connectivity index (χ2n) is 20.0. The molecular formula is C51H74N8O14. The van der Waals surface area contributed by atoms with E-state index in [2.05, 4.69) is 26.6 Å². The molecule has 73 heavy (non-hydrogen) atoms. The molecule has 2 bridgehead atoms. The summed E-state index contributed by atoms with van der Waals surface area (Å²) in [7, 11) is 1.36. The highest BCUT2D eigenvalue weighted by Gasteiger charge is 2.46. The molecule has 11 atom stereocenters. The second-order valence-corrected chi connectivity index (χ2v) is 20.0. The summed E-state index contributed by atoms with van der Waals surface area (Å²) < 4.78 is 5.92. The molecule has 0 unspecified atom stereocenters. The predicted molar refractivity (Wildman–Crippen MR) is 264 cm³/mol. The number of aromatic hydroxyl groups is 2. The number of ether oxygens (including phenoxy) is 1. The highest BCUT2D eigenvalue weighted by Crippen LogP contribution is 2.27. The van der Waals surface area contributed by atoms with E-state index in [-0.39, 0.29) is 61.9 Å². The van der Waals surface area contributed by atoms with E-state index in [4.69, 9.17) is 10.5 Å². The SMILES string of the molecule is CC[C@H](C)[C@@H]1NC(=O)[C@H](Cc2ccc(O)cc2)N(C)C(=O)[C@H](CC(C)C)N2C(=O)[C@H](CC[C@H]2O)NC(=O)[C@H](CC(C)C)NC(=O)[C@@H](NC(=O)[C@H](CCC(N)=O)NC(=O)[C@H](O)Cc2ccc(O)cc2)[C@@H](C)OC1=O. The molecule has 0 spiro atoms. The van der Waals surface area contributed by atoms with Gasteiger partial charge in [0.25, 0.3) is 0 Å². The van der Waals surface area contributed by atoms with Crippen LogP contribution in [0.1, 0.15) is 105 Å². The fourth-order valence-corrected chi connectivity index (χ4v) is 8.73. The van der Waals surface area contributed by atoms with Crippen LogP contribution in [0.25, 0.3) is 0 Å². The van der Waals surface area contributed by atoms with Crippen molar-refractivity contribution >= 4 is 53.2 Å². The fourth-order valence-electron chi connectivity index (χ4n) is 8.73. The molecule has 402 valence electrons. The van der Waals surface area contributed by atoms with Crippen LogP contribution >= 0.6 is 0 Å². The van der Waals surface area contributed by atoms with E-state index in [1.54, 1.807) is 39.8 Å². The zero-order valence-electron chi connectivity index (χ0n) is 42.8. The number of phenols is 2. The summed E-state index contributed by atoms with van der Waals surface area (Å²) in [6, 6.07) is 1.22. The standard InChI is InChI=1S/C51H74N8O14/c1-9-28(6)42-51(72)73-29(7)43(57-44(65)34(18-20-40(52)63)53-47(68)39(62)25-31-12-16-33(61)17-13-31)48(69)55-36(22-26(2)3)45(66)54-35-19-21-41(64)59(49(35)70)38(23-27(4)5)50(71)58(8)37(46(67)56-42)24-30-10-14-32(60)15-11-30/h10-17,26-29,34-39,41-43,60-62,64H,9,18-25H2,1-8H3,(H2,52,63)(H,53,68)(H,54,66)(H,55,69)(H,56,67)(H,57,65)/t28-,29+,34-,35-,36-,37-,38-,39+,41+,42-,43-/m0/s1. The quantitative estimate of drug-likeness (QED) is 0.0944. The zero-order valence-corrected chi connectivity index (χ0v) is 42.8. The average Bonchev–Trinajstić information content (AvgIpc) is 3.32. The van der Waals surface area contributed by atoms with Gasteiger partial charge in [0.15, 0.2) is 0 Å². The number of amides is 8. The number of likely N-dealkylation sites (N-methyl/N-ethyl adjacent to an activating group) is 1. The highest BCUT2D eigenvalue weighted by molar-refractivity contribution is 5.98. The number of nitrogens with zero attached hydrogens (tertiary/aromatic N) is 2. The molecule has 0 aromatic heterocycles. The van der Waals surface area contributed by atoms with Gasteiger partial charge in [-0.3, -0.25) is 38.4 Å². The Morgan fingerprint density at radius 2 is 1.37 bits per heavy atom. The largest absolute Gasteiger partial charge is 0.508 e. The van der Waals surface area contributed by atoms with Crippen LogP contribution in [0.5, 0.6) is 11.5 Å². The minimum Gasteiger partial charge on any atom is -0.508 e. The molecule has 0 saturated carbocycles. The highest BCUT2D eigenvalue weighted by atomic mass is 16.5. The molecule has 8 amide bonds. The summed E-state index contributed by atoms with van der Waals surface area (Å²) in [6.45, 7) is 11.8. The number of carbonyl (C=O) groups is 9. The van der Waals surface area contributed by atoms with E-state index in [0.717, 1.165) is 9.80 Å². The molecule has 2 aromatic carbocycles. The summed E-state index contributed by atoms with van der Waals surface area (Å²) in [5.41, 5.74) is 6.38. The molecule has 2 aromatic rings. The van der Waals surface area contributed by atoms with Gasteiger partial charge in [-0.2, -0.15) is 0 Å². The number of aliphatic hydroxyl groups excluding tert-OH is 2. The monoisotopic (exact) mass is 1020 g/mol. The van der Waals surface area contributed by atoms with Crippen molar-refractivity contribution in [3.05, 3.63) is 59.7 Å². The first-order chi connectivity index (χ1) is 34.3. The minimum atomic E-state index is -1.85. The lowest BCUT2D eigenvalue weighted by atomic mass is 9.94. The summed E-state index contributed by atoms with van der Waals surface area (Å²) >= 11 is 0. The summed E-state index contributed by atoms with van der Waals surface area (Å²) in [4.78, 5) is 129. The second kappa shape index (κ2) is 26.8. The number of fused-ring (bicyclic) bond motifs is 2. The third-order valence-electron chi connectivity index (χ3n) is 13.1. The minimum absolute atomic E-state index is 0.0142. The Morgan fingerprint density at radius 3 is 1.93 bits per heavy atom. The number of nitrogens with one attached hydrogen (secondary N) is 5. The number of aliphatic hydroxyl groups is 2. The van der Waals surface area contributed by atoms with Gasteiger partial charge < -0.3 is 67.3 Å². The lowest BCUT2D eigenvalue weighted by molar-refractivity contribution is -0.166. The third-order valence-corrected chi connectivity index (χ3v) is 13.1. The van der Waals surface area contributed by atoms with Crippen LogP contribution in [-0.4, -0.2) is 151 Å². The Morgan fingerprint density at radius 1 is 0.781 bits per heavy atom. The van der Waals surface area contributed by atoms with E-state index >= 15 is 0 Å². The number of primary amides is 1. The van der Waals surface area contributed by atoms with Crippen LogP contribution in [0.3, 0.4) is 0 Å². The molecule has 2 aliphatic heterocycles. The van der Waals surface area contributed by atoms with Gasteiger partial charge in [0.05, 0.1) is 0 Å². The number of carbonyl (C=O) groups excluding carboxylic acids is 9. The average molecular weight is 1020 g/mol. The van der Waals surface area contributed by atoms with Crippen molar-refractivity contribution in [2.75, 3.05) is 7.05 Å². The van der Waals surface area contributed by atoms with Crippen molar-refractivity contribution in [1.82, 2.24) is 36.4 Å². The third kappa shape index (κ3) is 16.6. The molecule has 2 aliphatic rings. The summed E-state index contributed by atoms with van der Waals surface area (Å²) in [5.74, 6) is -9.53. The van der Waals surface area contributed by atoms with Crippen molar-refractivity contribution < 1.29 is 68.3 Å². The topological polar surface area (TPSA) is 336 Å². The van der Waals surface area contributed by atoms with Gasteiger partial charge in [0.1, 0.15) is 72.2 Å². The number of phenolic OH excluding ortho intramolecular Hbond substituents is 2. The number of cyclic esters (lactones) is 1. The predicted octanol–water partition coefficient (Wildman–Crippen LogP) is 0.153. The van der Waals surface area contributed by atoms with Crippen molar-refractivity contribution in [1.29, 1.82) is 0 Å². The van der Waals surface area contributed by atoms with E-state index in [0.29, 0.717) is 17.5 Å². The van der Waals surface area contributed by atoms with Crippen molar-refractivity contribution in [2.24, 2.45) is 23.5 Å². The Kier molecular flexibility index (Phi) is 21.5. The van der Waals surface area contributed by atoms with E-state index in [9.17, 15) is 63.6 Å². The smallest absolute Gasteiger partial charge is 0.329 e. The molecule has 11 N–H and O–H groups in total. The van der Waals surface area contributed by atoms with Gasteiger partial charge in [-0.05, 0) is 92.2 Å². The first-order valence-corrected chi connectivity index (χ1v) is 24.8. The fraction of sp³-hybridized carbons (Fsp3) is 0.588. The lowest BCUT2D eigenvalue weighted by Crippen LogP contribution is -2.65. The molecule has 22 heteroatoms. The van der Waals surface area contributed by atoms with Crippen LogP contribution in [0.15, 0.2) is 48.5 Å². The maximum Gasteiger partial charge on any atom is 0.329 e. The van der Waals surface area contributed by atoms with Crippen molar-refractivity contribution in [2.45, 2.75) is 167 Å². The van der Waals surface area contributed by atoms with Crippen molar-refractivity contribution in [3.63, 3.8) is 0 Å². The van der Waals surface area contributed by atoms with Gasteiger partial charge in [-0.25, -0.2) is 4.79 Å². The molecule has 22 nitrogen and oxygen atoms in total. The van der Waals surface area contributed by atoms with Crippen LogP contribution in [0, 0.1) is 17.8 Å². The van der Waals surface area contributed by atoms with Crippen LogP contribution < -0.4 is 32.3 Å². The summed E-state index contributed by atoms with van der Waals surface area (Å²) in [6.07, 6.45) is -5.85. The van der Waals surface area contributed by atoms with Crippen LogP contribution in [0.2, 0.25) is 0 Å².